The zero-order chi connectivity index (χ0) is 17.9. The topological polar surface area (TPSA) is 45.3 Å². The quantitative estimate of drug-likeness (QED) is 0.746. The van der Waals surface area contributed by atoms with E-state index in [1.54, 1.807) is 7.11 Å². The number of fused-ring (bicyclic) bond motifs is 1. The second-order valence-electron chi connectivity index (χ2n) is 6.91. The van der Waals surface area contributed by atoms with E-state index >= 15 is 0 Å². The number of carbonyl (C=O) groups is 1. The van der Waals surface area contributed by atoms with E-state index in [0.29, 0.717) is 6.42 Å². The standard InChI is InChI=1S/C22H24N2O2/c1-26-17-10-8-16(9-11-17)19(14-22(25)24-12-4-5-13-24)20-15-23-21-7-3-2-6-18(20)21/h2-3,6-11,15,19,23H,4-5,12-14H2,1H3/t19-/m0/s1. The summed E-state index contributed by atoms with van der Waals surface area (Å²) in [4.78, 5) is 18.2. The number of hydrogen-bond acceptors (Lipinski definition) is 2. The average Bonchev–Trinajstić information content (AvgIpc) is 3.36. The van der Waals surface area contributed by atoms with Crippen LogP contribution in [0.2, 0.25) is 0 Å². The Morgan fingerprint density at radius 2 is 1.85 bits per heavy atom. The summed E-state index contributed by atoms with van der Waals surface area (Å²) in [6, 6.07) is 16.4. The van der Waals surface area contributed by atoms with Crippen LogP contribution in [0.25, 0.3) is 10.9 Å². The molecule has 1 saturated heterocycles. The number of methoxy groups -OCH3 is 1. The number of amides is 1. The number of nitrogens with one attached hydrogen (secondary N) is 1. The van der Waals surface area contributed by atoms with Gasteiger partial charge in [-0.3, -0.25) is 4.79 Å². The van der Waals surface area contributed by atoms with Crippen LogP contribution in [0.1, 0.15) is 36.3 Å². The monoisotopic (exact) mass is 348 g/mol. The SMILES string of the molecule is COc1ccc([C@H](CC(=O)N2CCCC2)c2c[nH]c3ccccc23)cc1. The number of para-hydroxylation sites is 1. The summed E-state index contributed by atoms with van der Waals surface area (Å²) in [6.45, 7) is 1.78. The van der Waals surface area contributed by atoms with Crippen molar-refractivity contribution in [2.45, 2.75) is 25.2 Å². The lowest BCUT2D eigenvalue weighted by molar-refractivity contribution is -0.130. The van der Waals surface area contributed by atoms with Crippen molar-refractivity contribution in [2.75, 3.05) is 20.2 Å². The third-order valence-electron chi connectivity index (χ3n) is 5.35. The number of likely N-dealkylation sites (tertiary alicyclic amines) is 1. The number of nitrogens with zero attached hydrogens (tertiary/aromatic N) is 1. The van der Waals surface area contributed by atoms with Crippen molar-refractivity contribution < 1.29 is 9.53 Å². The van der Waals surface area contributed by atoms with E-state index in [9.17, 15) is 4.79 Å². The van der Waals surface area contributed by atoms with Crippen LogP contribution < -0.4 is 4.74 Å². The number of aromatic nitrogens is 1. The predicted octanol–water partition coefficient (Wildman–Crippen LogP) is 4.32. The van der Waals surface area contributed by atoms with Crippen molar-refractivity contribution in [1.29, 1.82) is 0 Å². The van der Waals surface area contributed by atoms with Gasteiger partial charge in [-0.05, 0) is 42.2 Å². The van der Waals surface area contributed by atoms with Crippen LogP contribution in [0.4, 0.5) is 0 Å². The highest BCUT2D eigenvalue weighted by Gasteiger charge is 2.25. The molecule has 4 nitrogen and oxygen atoms in total. The van der Waals surface area contributed by atoms with Crippen molar-refractivity contribution in [1.82, 2.24) is 9.88 Å². The van der Waals surface area contributed by atoms with Gasteiger partial charge in [0.15, 0.2) is 0 Å². The Kier molecular flexibility index (Phi) is 4.65. The Morgan fingerprint density at radius 1 is 1.12 bits per heavy atom. The van der Waals surface area contributed by atoms with Gasteiger partial charge in [-0.2, -0.15) is 0 Å². The molecule has 0 bridgehead atoms. The summed E-state index contributed by atoms with van der Waals surface area (Å²) < 4.78 is 5.29. The van der Waals surface area contributed by atoms with E-state index in [-0.39, 0.29) is 11.8 Å². The van der Waals surface area contributed by atoms with Crippen LogP contribution in [-0.4, -0.2) is 36.0 Å². The Balaban J connectivity index is 1.71. The van der Waals surface area contributed by atoms with Crippen LogP contribution >= 0.6 is 0 Å². The molecule has 2 aromatic carbocycles. The fraction of sp³-hybridized carbons (Fsp3) is 0.318. The van der Waals surface area contributed by atoms with E-state index in [4.69, 9.17) is 4.74 Å². The molecule has 1 N–H and O–H groups in total. The normalized spacial score (nSPS) is 15.3. The zero-order valence-corrected chi connectivity index (χ0v) is 15.1. The van der Waals surface area contributed by atoms with Gasteiger partial charge in [0.05, 0.1) is 7.11 Å². The summed E-state index contributed by atoms with van der Waals surface area (Å²) in [6.07, 6.45) is 4.78. The van der Waals surface area contributed by atoms with Gasteiger partial charge in [0.1, 0.15) is 5.75 Å². The number of benzene rings is 2. The summed E-state index contributed by atoms with van der Waals surface area (Å²) in [5.74, 6) is 1.11. The molecule has 4 heteroatoms. The summed E-state index contributed by atoms with van der Waals surface area (Å²) in [5.41, 5.74) is 3.43. The lowest BCUT2D eigenvalue weighted by Gasteiger charge is -2.21. The first kappa shape index (κ1) is 16.7. The van der Waals surface area contributed by atoms with E-state index in [2.05, 4.69) is 35.4 Å². The molecule has 134 valence electrons. The first-order valence-electron chi connectivity index (χ1n) is 9.24. The van der Waals surface area contributed by atoms with Gasteiger partial charge in [0.2, 0.25) is 5.91 Å². The molecule has 1 aliphatic rings. The minimum atomic E-state index is 0.0326. The maximum absolute atomic E-state index is 12.9. The van der Waals surface area contributed by atoms with Gasteiger partial charge in [-0.1, -0.05) is 30.3 Å². The molecule has 1 aromatic heterocycles. The van der Waals surface area contributed by atoms with Gasteiger partial charge in [0, 0.05) is 42.5 Å². The lowest BCUT2D eigenvalue weighted by atomic mass is 9.87. The average molecular weight is 348 g/mol. The minimum Gasteiger partial charge on any atom is -0.497 e. The van der Waals surface area contributed by atoms with Gasteiger partial charge >= 0.3 is 0 Å². The van der Waals surface area contributed by atoms with Crippen LogP contribution in [0.15, 0.2) is 54.7 Å². The molecule has 1 amide bonds. The highest BCUT2D eigenvalue weighted by Crippen LogP contribution is 2.34. The summed E-state index contributed by atoms with van der Waals surface area (Å²) in [7, 11) is 1.67. The predicted molar refractivity (Wildman–Crippen MR) is 104 cm³/mol. The van der Waals surface area contributed by atoms with Gasteiger partial charge in [-0.15, -0.1) is 0 Å². The second kappa shape index (κ2) is 7.24. The Labute approximate surface area is 153 Å². The number of ether oxygens (including phenoxy) is 1. The smallest absolute Gasteiger partial charge is 0.223 e. The summed E-state index contributed by atoms with van der Waals surface area (Å²) >= 11 is 0. The molecule has 0 unspecified atom stereocenters. The maximum Gasteiger partial charge on any atom is 0.223 e. The lowest BCUT2D eigenvalue weighted by Crippen LogP contribution is -2.29. The molecule has 0 aliphatic carbocycles. The van der Waals surface area contributed by atoms with E-state index in [1.807, 2.05) is 29.2 Å². The molecule has 0 radical (unpaired) electrons. The number of H-pyrrole nitrogens is 1. The minimum absolute atomic E-state index is 0.0326. The number of hydrogen-bond donors (Lipinski definition) is 1. The molecule has 0 spiro atoms. The Morgan fingerprint density at radius 3 is 2.58 bits per heavy atom. The van der Waals surface area contributed by atoms with Crippen LogP contribution in [0, 0.1) is 0 Å². The first-order valence-corrected chi connectivity index (χ1v) is 9.24. The van der Waals surface area contributed by atoms with Crippen molar-refractivity contribution in [3.8, 4) is 5.75 Å². The Hall–Kier alpha value is -2.75. The number of carbonyl (C=O) groups excluding carboxylic acids is 1. The van der Waals surface area contributed by atoms with Crippen LogP contribution in [0.5, 0.6) is 5.75 Å². The fourth-order valence-corrected chi connectivity index (χ4v) is 3.90. The molecule has 3 aromatic rings. The second-order valence-corrected chi connectivity index (χ2v) is 6.91. The third-order valence-corrected chi connectivity index (χ3v) is 5.35. The van der Waals surface area contributed by atoms with Crippen molar-refractivity contribution in [3.63, 3.8) is 0 Å². The highest BCUT2D eigenvalue weighted by atomic mass is 16.5. The van der Waals surface area contributed by atoms with Crippen LogP contribution in [0.3, 0.4) is 0 Å². The molecular weight excluding hydrogens is 324 g/mol. The van der Waals surface area contributed by atoms with Crippen molar-refractivity contribution in [2.24, 2.45) is 0 Å². The van der Waals surface area contributed by atoms with Crippen LogP contribution in [-0.2, 0) is 4.79 Å². The molecular formula is C22H24N2O2. The third kappa shape index (κ3) is 3.19. The molecule has 1 aliphatic heterocycles. The molecule has 1 atom stereocenters. The molecule has 26 heavy (non-hydrogen) atoms. The molecule has 1 fully saturated rings. The zero-order valence-electron chi connectivity index (χ0n) is 15.1. The van der Waals surface area contributed by atoms with E-state index in [1.165, 1.54) is 10.9 Å². The fourth-order valence-electron chi connectivity index (χ4n) is 3.90. The van der Waals surface area contributed by atoms with Gasteiger partial charge in [-0.25, -0.2) is 0 Å². The molecule has 0 saturated carbocycles. The van der Waals surface area contributed by atoms with Gasteiger partial charge < -0.3 is 14.6 Å². The van der Waals surface area contributed by atoms with E-state index in [0.717, 1.165) is 42.8 Å². The number of aromatic amines is 1. The molecule has 2 heterocycles. The molecule has 4 rings (SSSR count). The summed E-state index contributed by atoms with van der Waals surface area (Å²) in [5, 5.41) is 1.18. The van der Waals surface area contributed by atoms with E-state index < -0.39 is 0 Å². The highest BCUT2D eigenvalue weighted by molar-refractivity contribution is 5.86. The van der Waals surface area contributed by atoms with Gasteiger partial charge in [0.25, 0.3) is 0 Å². The number of rotatable bonds is 5. The Bertz CT molecular complexity index is 892. The maximum atomic E-state index is 12.9. The largest absolute Gasteiger partial charge is 0.497 e. The van der Waals surface area contributed by atoms with Crippen molar-refractivity contribution in [3.05, 3.63) is 65.9 Å². The first-order chi connectivity index (χ1) is 12.8. The van der Waals surface area contributed by atoms with Crippen molar-refractivity contribution >= 4 is 16.8 Å².